The van der Waals surface area contributed by atoms with Gasteiger partial charge in [-0.25, -0.2) is 18.3 Å². The smallest absolute Gasteiger partial charge is 0.307 e. The molecule has 0 unspecified atom stereocenters. The number of aryl methyl sites for hydroxylation is 1. The molecule has 10 heteroatoms. The molecule has 2 N–H and O–H groups in total. The Balaban J connectivity index is 1.61. The third-order valence-corrected chi connectivity index (χ3v) is 6.47. The van der Waals surface area contributed by atoms with E-state index in [4.69, 9.17) is 4.74 Å². The van der Waals surface area contributed by atoms with Gasteiger partial charge >= 0.3 is 5.97 Å². The molecule has 0 atom stereocenters. The lowest BCUT2D eigenvalue weighted by Crippen LogP contribution is -2.15. The van der Waals surface area contributed by atoms with Crippen molar-refractivity contribution >= 4 is 23.3 Å². The van der Waals surface area contributed by atoms with E-state index in [0.717, 1.165) is 17.5 Å². The quantitative estimate of drug-likeness (QED) is 0.401. The van der Waals surface area contributed by atoms with Gasteiger partial charge in [-0.2, -0.15) is 0 Å². The van der Waals surface area contributed by atoms with Crippen molar-refractivity contribution < 1.29 is 28.2 Å². The number of carbonyl (C=O) groups is 2. The van der Waals surface area contributed by atoms with Gasteiger partial charge in [0.2, 0.25) is 5.91 Å². The van der Waals surface area contributed by atoms with Crippen molar-refractivity contribution in [2.45, 2.75) is 39.5 Å². The number of benzene rings is 2. The van der Waals surface area contributed by atoms with Gasteiger partial charge in [0.1, 0.15) is 5.82 Å². The first-order valence-electron chi connectivity index (χ1n) is 11.8. The lowest BCUT2D eigenvalue weighted by atomic mass is 9.91. The summed E-state index contributed by atoms with van der Waals surface area (Å²) in [6, 6.07) is 8.52. The summed E-state index contributed by atoms with van der Waals surface area (Å²) < 4.78 is 35.3. The van der Waals surface area contributed by atoms with E-state index in [1.807, 2.05) is 6.92 Å². The van der Waals surface area contributed by atoms with Gasteiger partial charge in [0.25, 0.3) is 0 Å². The van der Waals surface area contributed by atoms with Crippen LogP contribution in [0.3, 0.4) is 0 Å². The number of anilines is 1. The average molecular weight is 507 g/mol. The molecule has 1 aliphatic rings. The number of fused-ring (bicyclic) bond motifs is 2. The number of nitrogens with one attached hydrogen (secondary N) is 1. The van der Waals surface area contributed by atoms with Crippen LogP contribution in [0.1, 0.15) is 34.4 Å². The van der Waals surface area contributed by atoms with Crippen LogP contribution in [0.15, 0.2) is 36.4 Å². The minimum absolute atomic E-state index is 0.00682. The monoisotopic (exact) mass is 506 g/mol. The van der Waals surface area contributed by atoms with E-state index in [0.29, 0.717) is 46.8 Å². The highest BCUT2D eigenvalue weighted by Gasteiger charge is 2.26. The van der Waals surface area contributed by atoms with Crippen LogP contribution < -0.4 is 10.1 Å². The summed E-state index contributed by atoms with van der Waals surface area (Å²) in [5.41, 5.74) is 4.25. The second-order valence-electron chi connectivity index (χ2n) is 9.04. The highest BCUT2D eigenvalue weighted by Crippen LogP contribution is 2.39. The van der Waals surface area contributed by atoms with Crippen LogP contribution in [0.25, 0.3) is 16.9 Å². The van der Waals surface area contributed by atoms with Crippen LogP contribution in [-0.2, 0) is 28.9 Å². The molecule has 1 amide bonds. The number of aromatic nitrogens is 3. The summed E-state index contributed by atoms with van der Waals surface area (Å²) in [7, 11) is 0. The number of hydrogen-bond donors (Lipinski definition) is 2. The van der Waals surface area contributed by atoms with E-state index in [2.05, 4.69) is 15.4 Å². The standard InChI is InChI=1S/C27H24F2N4O4/c1-14-18-4-3-9-37-27(18)21(29)11-19(14)26-20(12-25(35)36)15(2)30-23-13-22(32-33(23)26)31-24(34)10-16-5-7-17(28)8-6-16/h5-8,11,13H,3-4,9-10,12H2,1-2H3,(H,35,36)(H,31,32,34). The van der Waals surface area contributed by atoms with Gasteiger partial charge in [0.15, 0.2) is 23.0 Å². The summed E-state index contributed by atoms with van der Waals surface area (Å²) >= 11 is 0. The van der Waals surface area contributed by atoms with Crippen LogP contribution in [-0.4, -0.2) is 38.2 Å². The van der Waals surface area contributed by atoms with E-state index < -0.39 is 17.6 Å². The summed E-state index contributed by atoms with van der Waals surface area (Å²) in [6.07, 6.45) is 1.05. The van der Waals surface area contributed by atoms with E-state index in [-0.39, 0.29) is 30.3 Å². The third-order valence-electron chi connectivity index (χ3n) is 6.47. The number of hydrogen-bond acceptors (Lipinski definition) is 5. The van der Waals surface area contributed by atoms with E-state index >= 15 is 4.39 Å². The number of ether oxygens (including phenoxy) is 1. The third kappa shape index (κ3) is 4.74. The molecule has 4 aromatic rings. The zero-order valence-corrected chi connectivity index (χ0v) is 20.3. The molecule has 0 aliphatic carbocycles. The zero-order chi connectivity index (χ0) is 26.3. The van der Waals surface area contributed by atoms with Gasteiger partial charge in [0.05, 0.1) is 25.1 Å². The fourth-order valence-electron chi connectivity index (χ4n) is 4.73. The summed E-state index contributed by atoms with van der Waals surface area (Å²) in [5.74, 6) is -1.93. The Morgan fingerprint density at radius 1 is 1.14 bits per heavy atom. The Labute approximate surface area is 210 Å². The van der Waals surface area contributed by atoms with E-state index in [1.54, 1.807) is 13.0 Å². The highest BCUT2D eigenvalue weighted by atomic mass is 19.1. The topological polar surface area (TPSA) is 106 Å². The molecule has 0 saturated heterocycles. The number of carbonyl (C=O) groups excluding carboxylic acids is 1. The van der Waals surface area contributed by atoms with Crippen LogP contribution in [0.5, 0.6) is 5.75 Å². The van der Waals surface area contributed by atoms with Crippen molar-refractivity contribution in [2.75, 3.05) is 11.9 Å². The van der Waals surface area contributed by atoms with E-state index in [1.165, 1.54) is 34.8 Å². The SMILES string of the molecule is Cc1nc2cc(NC(=O)Cc3ccc(F)cc3)nn2c(-c2cc(F)c3c(c2C)CCCO3)c1CC(=O)O. The first kappa shape index (κ1) is 24.4. The fourth-order valence-corrected chi connectivity index (χ4v) is 4.73. The molecule has 2 aromatic carbocycles. The van der Waals surface area contributed by atoms with Gasteiger partial charge < -0.3 is 15.2 Å². The Hall–Kier alpha value is -4.34. The molecular formula is C27H24F2N4O4. The Kier molecular flexibility index (Phi) is 6.32. The lowest BCUT2D eigenvalue weighted by Gasteiger charge is -2.23. The largest absolute Gasteiger partial charge is 0.490 e. The summed E-state index contributed by atoms with van der Waals surface area (Å²) in [4.78, 5) is 28.9. The Morgan fingerprint density at radius 2 is 1.89 bits per heavy atom. The molecule has 3 heterocycles. The number of aliphatic carboxylic acids is 1. The molecule has 0 saturated carbocycles. The predicted molar refractivity (Wildman–Crippen MR) is 132 cm³/mol. The van der Waals surface area contributed by atoms with Crippen LogP contribution in [0, 0.1) is 25.5 Å². The van der Waals surface area contributed by atoms with Crippen molar-refractivity contribution in [2.24, 2.45) is 0 Å². The minimum Gasteiger partial charge on any atom is -0.490 e. The molecule has 0 radical (unpaired) electrons. The predicted octanol–water partition coefficient (Wildman–Crippen LogP) is 4.42. The van der Waals surface area contributed by atoms with Crippen LogP contribution in [0.4, 0.5) is 14.6 Å². The van der Waals surface area contributed by atoms with Crippen molar-refractivity contribution in [3.8, 4) is 17.0 Å². The van der Waals surface area contributed by atoms with Gasteiger partial charge in [-0.15, -0.1) is 5.10 Å². The second-order valence-corrected chi connectivity index (χ2v) is 9.04. The normalized spacial score (nSPS) is 12.8. The number of nitrogens with zero attached hydrogens (tertiary/aromatic N) is 3. The number of rotatable bonds is 6. The van der Waals surface area contributed by atoms with Crippen LogP contribution >= 0.6 is 0 Å². The zero-order valence-electron chi connectivity index (χ0n) is 20.3. The van der Waals surface area contributed by atoms with Crippen molar-refractivity contribution in [3.05, 3.63) is 76.0 Å². The minimum atomic E-state index is -1.06. The number of amides is 1. The van der Waals surface area contributed by atoms with Gasteiger partial charge in [-0.3, -0.25) is 9.59 Å². The fraction of sp³-hybridized carbons (Fsp3) is 0.259. The number of carboxylic acid groups (broad SMARTS) is 1. The van der Waals surface area contributed by atoms with E-state index in [9.17, 15) is 19.1 Å². The molecule has 1 aliphatic heterocycles. The van der Waals surface area contributed by atoms with Crippen molar-refractivity contribution in [3.63, 3.8) is 0 Å². The Bertz CT molecular complexity index is 1550. The molecule has 0 fully saturated rings. The first-order chi connectivity index (χ1) is 17.7. The molecule has 0 bridgehead atoms. The molecule has 0 spiro atoms. The van der Waals surface area contributed by atoms with Crippen molar-refractivity contribution in [1.82, 2.24) is 14.6 Å². The summed E-state index contributed by atoms with van der Waals surface area (Å²) in [6.45, 7) is 3.98. The first-order valence-corrected chi connectivity index (χ1v) is 11.8. The average Bonchev–Trinajstić information content (AvgIpc) is 3.24. The number of carboxylic acids is 1. The maximum Gasteiger partial charge on any atom is 0.307 e. The maximum absolute atomic E-state index is 15.1. The summed E-state index contributed by atoms with van der Waals surface area (Å²) in [5, 5.41) is 16.8. The molecule has 5 rings (SSSR count). The van der Waals surface area contributed by atoms with Crippen molar-refractivity contribution in [1.29, 1.82) is 0 Å². The molecule has 37 heavy (non-hydrogen) atoms. The number of halogens is 2. The highest BCUT2D eigenvalue weighted by molar-refractivity contribution is 5.92. The van der Waals surface area contributed by atoms with Gasteiger partial charge in [0, 0.05) is 28.5 Å². The van der Waals surface area contributed by atoms with Gasteiger partial charge in [-0.05, 0) is 56.0 Å². The van der Waals surface area contributed by atoms with Crippen LogP contribution in [0.2, 0.25) is 0 Å². The molecular weight excluding hydrogens is 482 g/mol. The molecule has 8 nitrogen and oxygen atoms in total. The molecule has 190 valence electrons. The second kappa shape index (κ2) is 9.61. The maximum atomic E-state index is 15.1. The Morgan fingerprint density at radius 3 is 2.62 bits per heavy atom. The van der Waals surface area contributed by atoms with Gasteiger partial charge in [-0.1, -0.05) is 12.1 Å². The lowest BCUT2D eigenvalue weighted by molar-refractivity contribution is -0.136. The molecule has 2 aromatic heterocycles.